The number of aliphatic carboxylic acids is 1. The zero-order valence-electron chi connectivity index (χ0n) is 12.5. The highest BCUT2D eigenvalue weighted by Gasteiger charge is 2.22. The first-order valence-corrected chi connectivity index (χ1v) is 6.69. The van der Waals surface area contributed by atoms with Crippen LogP contribution in [0.5, 0.6) is 0 Å². The second kappa shape index (κ2) is 8.68. The van der Waals surface area contributed by atoms with Gasteiger partial charge in [-0.1, -0.05) is 30.3 Å². The maximum atomic E-state index is 11.1. The van der Waals surface area contributed by atoms with Gasteiger partial charge in [-0.15, -0.1) is 0 Å². The predicted molar refractivity (Wildman–Crippen MR) is 78.8 cm³/mol. The van der Waals surface area contributed by atoms with Crippen LogP contribution in [0.4, 0.5) is 0 Å². The fraction of sp³-hybridized carbons (Fsp3) is 0.533. The Balaban J connectivity index is 2.88. The molecule has 0 heterocycles. The van der Waals surface area contributed by atoms with Gasteiger partial charge in [0.15, 0.2) is 0 Å². The molecule has 0 radical (unpaired) electrons. The summed E-state index contributed by atoms with van der Waals surface area (Å²) in [7, 11) is 5.60. The van der Waals surface area contributed by atoms with E-state index in [1.165, 1.54) is 0 Å². The van der Waals surface area contributed by atoms with Crippen LogP contribution in [0.15, 0.2) is 30.3 Å². The van der Waals surface area contributed by atoms with E-state index in [2.05, 4.69) is 0 Å². The third-order valence-corrected chi connectivity index (χ3v) is 3.12. The van der Waals surface area contributed by atoms with Crippen molar-refractivity contribution < 1.29 is 14.6 Å². The van der Waals surface area contributed by atoms with Gasteiger partial charge >= 0.3 is 5.97 Å². The van der Waals surface area contributed by atoms with Gasteiger partial charge in [0.25, 0.3) is 0 Å². The maximum Gasteiger partial charge on any atom is 0.317 e. The lowest BCUT2D eigenvalue weighted by molar-refractivity contribution is -0.139. The van der Waals surface area contributed by atoms with Gasteiger partial charge in [-0.25, -0.2) is 0 Å². The van der Waals surface area contributed by atoms with Crippen LogP contribution in [-0.2, 0) is 9.53 Å². The van der Waals surface area contributed by atoms with Crippen LogP contribution in [0, 0.1) is 0 Å². The standard InChI is InChI=1S/C15H24N2O3/c1-16(2)9-10-17(11-15(18)19)14(12-20-3)13-7-5-4-6-8-13/h4-8,14H,9-12H2,1-3H3,(H,18,19). The molecule has 20 heavy (non-hydrogen) atoms. The van der Waals surface area contributed by atoms with Crippen molar-refractivity contribution in [1.82, 2.24) is 9.80 Å². The van der Waals surface area contributed by atoms with Crippen molar-refractivity contribution in [3.8, 4) is 0 Å². The van der Waals surface area contributed by atoms with E-state index in [-0.39, 0.29) is 12.6 Å². The van der Waals surface area contributed by atoms with Gasteiger partial charge in [0, 0.05) is 20.2 Å². The molecule has 1 N–H and O–H groups in total. The lowest BCUT2D eigenvalue weighted by Crippen LogP contribution is -2.40. The Hall–Kier alpha value is -1.43. The SMILES string of the molecule is COCC(c1ccccc1)N(CCN(C)C)CC(=O)O. The van der Waals surface area contributed by atoms with E-state index in [9.17, 15) is 4.79 Å². The number of carboxylic acids is 1. The quantitative estimate of drug-likeness (QED) is 0.739. The second-order valence-electron chi connectivity index (χ2n) is 5.05. The Labute approximate surface area is 120 Å². The van der Waals surface area contributed by atoms with Gasteiger partial charge in [0.05, 0.1) is 19.2 Å². The summed E-state index contributed by atoms with van der Waals surface area (Å²) in [5, 5.41) is 9.12. The van der Waals surface area contributed by atoms with E-state index < -0.39 is 5.97 Å². The first-order valence-electron chi connectivity index (χ1n) is 6.69. The molecule has 5 nitrogen and oxygen atoms in total. The molecule has 0 spiro atoms. The summed E-state index contributed by atoms with van der Waals surface area (Å²) in [6.07, 6.45) is 0. The molecule has 0 amide bonds. The van der Waals surface area contributed by atoms with Crippen molar-refractivity contribution in [2.24, 2.45) is 0 Å². The third-order valence-electron chi connectivity index (χ3n) is 3.12. The average molecular weight is 280 g/mol. The average Bonchev–Trinajstić information content (AvgIpc) is 2.41. The van der Waals surface area contributed by atoms with E-state index >= 15 is 0 Å². The Morgan fingerprint density at radius 3 is 2.40 bits per heavy atom. The molecule has 1 unspecified atom stereocenters. The monoisotopic (exact) mass is 280 g/mol. The summed E-state index contributed by atoms with van der Waals surface area (Å²) in [5.74, 6) is -0.819. The van der Waals surface area contributed by atoms with E-state index in [1.807, 2.05) is 54.2 Å². The van der Waals surface area contributed by atoms with Crippen molar-refractivity contribution in [3.63, 3.8) is 0 Å². The molecule has 1 aromatic carbocycles. The molecule has 0 aliphatic carbocycles. The molecule has 0 aliphatic rings. The van der Waals surface area contributed by atoms with Crippen molar-refractivity contribution in [1.29, 1.82) is 0 Å². The first kappa shape index (κ1) is 16.6. The highest BCUT2D eigenvalue weighted by molar-refractivity contribution is 5.69. The van der Waals surface area contributed by atoms with Crippen LogP contribution >= 0.6 is 0 Å². The minimum atomic E-state index is -0.819. The van der Waals surface area contributed by atoms with Crippen molar-refractivity contribution in [2.75, 3.05) is 47.4 Å². The summed E-state index contributed by atoms with van der Waals surface area (Å²) >= 11 is 0. The lowest BCUT2D eigenvalue weighted by atomic mass is 10.1. The zero-order valence-corrected chi connectivity index (χ0v) is 12.5. The van der Waals surface area contributed by atoms with Crippen LogP contribution in [0.3, 0.4) is 0 Å². The molecule has 0 bridgehead atoms. The Morgan fingerprint density at radius 1 is 1.25 bits per heavy atom. The summed E-state index contributed by atoms with van der Waals surface area (Å²) in [4.78, 5) is 15.1. The van der Waals surface area contributed by atoms with E-state index in [0.29, 0.717) is 13.2 Å². The summed E-state index contributed by atoms with van der Waals surface area (Å²) < 4.78 is 5.28. The van der Waals surface area contributed by atoms with E-state index in [4.69, 9.17) is 9.84 Å². The molecular formula is C15H24N2O3. The van der Waals surface area contributed by atoms with Crippen molar-refractivity contribution in [2.45, 2.75) is 6.04 Å². The molecule has 0 saturated carbocycles. The molecule has 0 fully saturated rings. The van der Waals surface area contributed by atoms with Crippen LogP contribution in [0.25, 0.3) is 0 Å². The van der Waals surface area contributed by atoms with Crippen molar-refractivity contribution >= 4 is 5.97 Å². The Bertz CT molecular complexity index is 395. The fourth-order valence-electron chi connectivity index (χ4n) is 2.09. The number of hydrogen-bond acceptors (Lipinski definition) is 4. The number of hydrogen-bond donors (Lipinski definition) is 1. The largest absolute Gasteiger partial charge is 0.480 e. The van der Waals surface area contributed by atoms with E-state index in [1.54, 1.807) is 7.11 Å². The summed E-state index contributed by atoms with van der Waals surface area (Å²) in [5.41, 5.74) is 1.08. The normalized spacial score (nSPS) is 12.8. The Kier molecular flexibility index (Phi) is 7.22. The number of ether oxygens (including phenoxy) is 1. The number of rotatable bonds is 9. The Morgan fingerprint density at radius 2 is 1.90 bits per heavy atom. The summed E-state index contributed by atoms with van der Waals surface area (Å²) in [6, 6.07) is 9.85. The number of carboxylic acid groups (broad SMARTS) is 1. The van der Waals surface area contributed by atoms with Gasteiger partial charge in [-0.2, -0.15) is 0 Å². The lowest BCUT2D eigenvalue weighted by Gasteiger charge is -2.31. The van der Waals surface area contributed by atoms with Gasteiger partial charge in [-0.3, -0.25) is 9.69 Å². The fourth-order valence-corrected chi connectivity index (χ4v) is 2.09. The molecule has 0 aliphatic heterocycles. The van der Waals surface area contributed by atoms with Gasteiger partial charge in [-0.05, 0) is 19.7 Å². The highest BCUT2D eigenvalue weighted by atomic mass is 16.5. The summed E-state index contributed by atoms with van der Waals surface area (Å²) in [6.45, 7) is 1.98. The zero-order chi connectivity index (χ0) is 15.0. The maximum absolute atomic E-state index is 11.1. The smallest absolute Gasteiger partial charge is 0.317 e. The predicted octanol–water partition coefficient (Wildman–Crippen LogP) is 1.32. The minimum Gasteiger partial charge on any atom is -0.480 e. The highest BCUT2D eigenvalue weighted by Crippen LogP contribution is 2.20. The molecule has 0 aromatic heterocycles. The second-order valence-corrected chi connectivity index (χ2v) is 5.05. The topological polar surface area (TPSA) is 53.0 Å². The number of benzene rings is 1. The number of carbonyl (C=O) groups is 1. The third kappa shape index (κ3) is 5.69. The first-order chi connectivity index (χ1) is 9.54. The molecule has 1 atom stereocenters. The van der Waals surface area contributed by atoms with E-state index in [0.717, 1.165) is 12.1 Å². The van der Waals surface area contributed by atoms with Crippen LogP contribution in [-0.4, -0.2) is 68.3 Å². The van der Waals surface area contributed by atoms with Gasteiger partial charge in [0.1, 0.15) is 0 Å². The van der Waals surface area contributed by atoms with Gasteiger partial charge in [0.2, 0.25) is 0 Å². The van der Waals surface area contributed by atoms with Crippen molar-refractivity contribution in [3.05, 3.63) is 35.9 Å². The molecule has 1 rings (SSSR count). The molecule has 0 saturated heterocycles. The van der Waals surface area contributed by atoms with Gasteiger partial charge < -0.3 is 14.7 Å². The molecule has 112 valence electrons. The number of methoxy groups -OCH3 is 1. The number of likely N-dealkylation sites (N-methyl/N-ethyl adjacent to an activating group) is 1. The van der Waals surface area contributed by atoms with Crippen LogP contribution in [0.2, 0.25) is 0 Å². The molecule has 1 aromatic rings. The van der Waals surface area contributed by atoms with Crippen LogP contribution < -0.4 is 0 Å². The number of nitrogens with zero attached hydrogens (tertiary/aromatic N) is 2. The van der Waals surface area contributed by atoms with Crippen LogP contribution in [0.1, 0.15) is 11.6 Å². The molecule has 5 heteroatoms. The molecular weight excluding hydrogens is 256 g/mol. The minimum absolute atomic E-state index is 0.0107.